The van der Waals surface area contributed by atoms with Gasteiger partial charge in [-0.05, 0) is 0 Å². The average molecular weight is 161 g/mol. The van der Waals surface area contributed by atoms with Gasteiger partial charge in [0.25, 0.3) is 0 Å². The first-order valence-electron chi connectivity index (χ1n) is 3.05. The highest BCUT2D eigenvalue weighted by atomic mass is 35.5. The summed E-state index contributed by atoms with van der Waals surface area (Å²) < 4.78 is 0. The van der Waals surface area contributed by atoms with Gasteiger partial charge in [-0.15, -0.1) is 11.6 Å². The molecule has 10 heavy (non-hydrogen) atoms. The van der Waals surface area contributed by atoms with Crippen molar-refractivity contribution in [2.75, 3.05) is 5.88 Å². The SMILES string of the molecule is OC(CCl)Cc1ncc[nH]1. The molecule has 0 bridgehead atoms. The van der Waals surface area contributed by atoms with Crippen LogP contribution >= 0.6 is 11.6 Å². The van der Waals surface area contributed by atoms with Crippen LogP contribution in [-0.4, -0.2) is 27.1 Å². The number of aliphatic hydroxyl groups is 1. The van der Waals surface area contributed by atoms with Crippen LogP contribution in [0.15, 0.2) is 12.4 Å². The first-order valence-corrected chi connectivity index (χ1v) is 3.58. The number of aliphatic hydroxyl groups excluding tert-OH is 1. The molecule has 2 N–H and O–H groups in total. The van der Waals surface area contributed by atoms with Gasteiger partial charge in [-0.2, -0.15) is 0 Å². The zero-order chi connectivity index (χ0) is 7.40. The smallest absolute Gasteiger partial charge is 0.108 e. The maximum Gasteiger partial charge on any atom is 0.108 e. The molecule has 4 heteroatoms. The number of aromatic amines is 1. The molecule has 0 aliphatic rings. The molecule has 0 radical (unpaired) electrons. The van der Waals surface area contributed by atoms with Gasteiger partial charge in [0, 0.05) is 24.7 Å². The van der Waals surface area contributed by atoms with E-state index in [0.29, 0.717) is 6.42 Å². The molecule has 3 nitrogen and oxygen atoms in total. The fraction of sp³-hybridized carbons (Fsp3) is 0.500. The summed E-state index contributed by atoms with van der Waals surface area (Å²) in [6.45, 7) is 0. The third kappa shape index (κ3) is 2.01. The van der Waals surface area contributed by atoms with Crippen molar-refractivity contribution >= 4 is 11.6 Å². The number of imidazole rings is 1. The summed E-state index contributed by atoms with van der Waals surface area (Å²) >= 11 is 5.38. The van der Waals surface area contributed by atoms with E-state index in [1.807, 2.05) is 0 Å². The van der Waals surface area contributed by atoms with E-state index in [1.54, 1.807) is 12.4 Å². The second kappa shape index (κ2) is 3.58. The highest BCUT2D eigenvalue weighted by Gasteiger charge is 2.03. The maximum absolute atomic E-state index is 9.04. The lowest BCUT2D eigenvalue weighted by Gasteiger charge is -2.01. The van der Waals surface area contributed by atoms with Crippen LogP contribution in [0.1, 0.15) is 5.82 Å². The Kier molecular flexibility index (Phi) is 2.71. The van der Waals surface area contributed by atoms with Gasteiger partial charge in [0.2, 0.25) is 0 Å². The van der Waals surface area contributed by atoms with E-state index in [0.717, 1.165) is 5.82 Å². The fourth-order valence-corrected chi connectivity index (χ4v) is 0.796. The highest BCUT2D eigenvalue weighted by Crippen LogP contribution is 1.97. The summed E-state index contributed by atoms with van der Waals surface area (Å²) in [5, 5.41) is 9.04. The standard InChI is InChI=1S/C6H9ClN2O/c7-4-5(10)3-6-8-1-2-9-6/h1-2,5,10H,3-4H2,(H,8,9). The van der Waals surface area contributed by atoms with E-state index >= 15 is 0 Å². The number of halogens is 1. The van der Waals surface area contributed by atoms with Gasteiger partial charge in [0.05, 0.1) is 6.10 Å². The van der Waals surface area contributed by atoms with E-state index in [4.69, 9.17) is 16.7 Å². The number of hydrogen-bond donors (Lipinski definition) is 2. The van der Waals surface area contributed by atoms with Crippen LogP contribution in [0.5, 0.6) is 0 Å². The quantitative estimate of drug-likeness (QED) is 0.635. The van der Waals surface area contributed by atoms with E-state index in [1.165, 1.54) is 0 Å². The van der Waals surface area contributed by atoms with Crippen LogP contribution < -0.4 is 0 Å². The molecule has 0 aliphatic heterocycles. The van der Waals surface area contributed by atoms with Crippen LogP contribution in [0, 0.1) is 0 Å². The molecule has 0 aromatic carbocycles. The molecule has 1 unspecified atom stereocenters. The summed E-state index contributed by atoms with van der Waals surface area (Å²) in [5.41, 5.74) is 0. The monoisotopic (exact) mass is 160 g/mol. The molecule has 1 heterocycles. The Morgan fingerprint density at radius 2 is 2.60 bits per heavy atom. The van der Waals surface area contributed by atoms with Crippen molar-refractivity contribution < 1.29 is 5.11 Å². The molecule has 0 aliphatic carbocycles. The first-order chi connectivity index (χ1) is 4.83. The second-order valence-corrected chi connectivity index (χ2v) is 2.36. The lowest BCUT2D eigenvalue weighted by Crippen LogP contribution is -2.12. The van der Waals surface area contributed by atoms with Crippen LogP contribution in [0.25, 0.3) is 0 Å². The number of nitrogens with one attached hydrogen (secondary N) is 1. The summed E-state index contributed by atoms with van der Waals surface area (Å²) in [4.78, 5) is 6.80. The number of rotatable bonds is 3. The Morgan fingerprint density at radius 1 is 1.80 bits per heavy atom. The van der Waals surface area contributed by atoms with Gasteiger partial charge < -0.3 is 10.1 Å². The number of hydrogen-bond acceptors (Lipinski definition) is 2. The third-order valence-electron chi connectivity index (χ3n) is 1.16. The van der Waals surface area contributed by atoms with Gasteiger partial charge in [-0.1, -0.05) is 0 Å². The van der Waals surface area contributed by atoms with Crippen molar-refractivity contribution in [2.45, 2.75) is 12.5 Å². The molecule has 0 saturated heterocycles. The Balaban J connectivity index is 2.40. The molecular formula is C6H9ClN2O. The Morgan fingerprint density at radius 3 is 3.10 bits per heavy atom. The van der Waals surface area contributed by atoms with E-state index in [-0.39, 0.29) is 5.88 Å². The van der Waals surface area contributed by atoms with Crippen LogP contribution in [0.3, 0.4) is 0 Å². The van der Waals surface area contributed by atoms with Gasteiger partial charge in [-0.25, -0.2) is 4.98 Å². The van der Waals surface area contributed by atoms with Crippen LogP contribution in [-0.2, 0) is 6.42 Å². The van der Waals surface area contributed by atoms with Gasteiger partial charge in [-0.3, -0.25) is 0 Å². The van der Waals surface area contributed by atoms with Gasteiger partial charge in [0.15, 0.2) is 0 Å². The molecule has 1 aromatic rings. The number of H-pyrrole nitrogens is 1. The molecule has 56 valence electrons. The molecule has 1 atom stereocenters. The molecule has 0 spiro atoms. The minimum absolute atomic E-state index is 0.251. The molecule has 1 aromatic heterocycles. The van der Waals surface area contributed by atoms with Crippen molar-refractivity contribution in [3.8, 4) is 0 Å². The average Bonchev–Trinajstić information content (AvgIpc) is 2.40. The van der Waals surface area contributed by atoms with Gasteiger partial charge in [0.1, 0.15) is 5.82 Å². The van der Waals surface area contributed by atoms with Crippen LogP contribution in [0.2, 0.25) is 0 Å². The highest BCUT2D eigenvalue weighted by molar-refractivity contribution is 6.18. The third-order valence-corrected chi connectivity index (χ3v) is 1.52. The number of alkyl halides is 1. The Bertz CT molecular complexity index is 176. The molecular weight excluding hydrogens is 152 g/mol. The van der Waals surface area contributed by atoms with Crippen molar-refractivity contribution in [2.24, 2.45) is 0 Å². The molecule has 0 saturated carbocycles. The van der Waals surface area contributed by atoms with Crippen molar-refractivity contribution in [3.05, 3.63) is 18.2 Å². The predicted octanol–water partition coefficient (Wildman–Crippen LogP) is 0.552. The molecule has 1 rings (SSSR count). The minimum Gasteiger partial charge on any atom is -0.391 e. The zero-order valence-electron chi connectivity index (χ0n) is 5.42. The fourth-order valence-electron chi connectivity index (χ4n) is 0.687. The minimum atomic E-state index is -0.493. The summed E-state index contributed by atoms with van der Waals surface area (Å²) in [6.07, 6.45) is 3.37. The summed E-state index contributed by atoms with van der Waals surface area (Å²) in [7, 11) is 0. The maximum atomic E-state index is 9.04. The number of nitrogens with zero attached hydrogens (tertiary/aromatic N) is 1. The van der Waals surface area contributed by atoms with Crippen molar-refractivity contribution in [1.29, 1.82) is 0 Å². The van der Waals surface area contributed by atoms with Crippen molar-refractivity contribution in [3.63, 3.8) is 0 Å². The van der Waals surface area contributed by atoms with Crippen molar-refractivity contribution in [1.82, 2.24) is 9.97 Å². The predicted molar refractivity (Wildman–Crippen MR) is 39.0 cm³/mol. The Hall–Kier alpha value is -0.540. The largest absolute Gasteiger partial charge is 0.391 e. The van der Waals surface area contributed by atoms with Gasteiger partial charge >= 0.3 is 0 Å². The lowest BCUT2D eigenvalue weighted by atomic mass is 10.3. The topological polar surface area (TPSA) is 48.9 Å². The normalized spacial score (nSPS) is 13.4. The number of aromatic nitrogens is 2. The van der Waals surface area contributed by atoms with E-state index in [9.17, 15) is 0 Å². The molecule has 0 amide bonds. The first kappa shape index (κ1) is 7.57. The lowest BCUT2D eigenvalue weighted by molar-refractivity contribution is 0.196. The summed E-state index contributed by atoms with van der Waals surface area (Å²) in [5.74, 6) is 1.02. The van der Waals surface area contributed by atoms with E-state index in [2.05, 4.69) is 9.97 Å². The Labute approximate surface area is 64.1 Å². The molecule has 0 fully saturated rings. The van der Waals surface area contributed by atoms with E-state index < -0.39 is 6.10 Å². The second-order valence-electron chi connectivity index (χ2n) is 2.05. The van der Waals surface area contributed by atoms with Crippen LogP contribution in [0.4, 0.5) is 0 Å². The zero-order valence-corrected chi connectivity index (χ0v) is 6.17. The summed E-state index contributed by atoms with van der Waals surface area (Å²) in [6, 6.07) is 0.